The minimum atomic E-state index is -0.0217. The van der Waals surface area contributed by atoms with Gasteiger partial charge in [0, 0.05) is 10.5 Å². The highest BCUT2D eigenvalue weighted by Crippen LogP contribution is 2.36. The van der Waals surface area contributed by atoms with Crippen LogP contribution >= 0.6 is 11.8 Å². The van der Waals surface area contributed by atoms with Gasteiger partial charge in [0.15, 0.2) is 5.76 Å². The number of ether oxygens (including phenoxy) is 1. The molecule has 0 bridgehead atoms. The van der Waals surface area contributed by atoms with Gasteiger partial charge in [-0.05, 0) is 48.5 Å². The van der Waals surface area contributed by atoms with E-state index in [2.05, 4.69) is 0 Å². The molecule has 0 fully saturated rings. The van der Waals surface area contributed by atoms with Crippen molar-refractivity contribution < 1.29 is 9.15 Å². The molecule has 4 heteroatoms. The van der Waals surface area contributed by atoms with E-state index in [1.54, 1.807) is 13.2 Å². The Labute approximate surface area is 155 Å². The van der Waals surface area contributed by atoms with Crippen LogP contribution in [0.4, 0.5) is 0 Å². The van der Waals surface area contributed by atoms with Crippen molar-refractivity contribution in [1.29, 1.82) is 0 Å². The number of fused-ring (bicyclic) bond motifs is 1. The topological polar surface area (TPSA) is 39.4 Å². The van der Waals surface area contributed by atoms with E-state index in [0.717, 1.165) is 16.2 Å². The molecule has 128 valence electrons. The SMILES string of the molecule is COc1ccc(-c2oc3ccccc3c(=O)c2Sc2ccccc2)cc1. The van der Waals surface area contributed by atoms with Gasteiger partial charge in [-0.2, -0.15) is 0 Å². The number of rotatable bonds is 4. The van der Waals surface area contributed by atoms with Gasteiger partial charge in [0.25, 0.3) is 0 Å². The Balaban J connectivity index is 1.94. The standard InChI is InChI=1S/C22H16O3S/c1-24-16-13-11-15(12-14-16)21-22(26-17-7-3-2-4-8-17)20(23)18-9-5-6-10-19(18)25-21/h2-14H,1H3. The van der Waals surface area contributed by atoms with Gasteiger partial charge in [-0.15, -0.1) is 0 Å². The molecule has 3 aromatic carbocycles. The highest BCUT2D eigenvalue weighted by Gasteiger charge is 2.17. The first-order valence-electron chi connectivity index (χ1n) is 8.19. The number of hydrogen-bond acceptors (Lipinski definition) is 4. The molecule has 0 radical (unpaired) electrons. The maximum absolute atomic E-state index is 13.1. The Morgan fingerprint density at radius 3 is 2.27 bits per heavy atom. The van der Waals surface area contributed by atoms with Crippen molar-refractivity contribution in [3.63, 3.8) is 0 Å². The second-order valence-corrected chi connectivity index (χ2v) is 6.81. The van der Waals surface area contributed by atoms with Crippen LogP contribution in [0.2, 0.25) is 0 Å². The van der Waals surface area contributed by atoms with Gasteiger partial charge in [-0.1, -0.05) is 42.1 Å². The van der Waals surface area contributed by atoms with Crippen molar-refractivity contribution >= 4 is 22.7 Å². The first kappa shape index (κ1) is 16.5. The monoisotopic (exact) mass is 360 g/mol. The van der Waals surface area contributed by atoms with Crippen molar-refractivity contribution in [1.82, 2.24) is 0 Å². The summed E-state index contributed by atoms with van der Waals surface area (Å²) in [6.07, 6.45) is 0. The summed E-state index contributed by atoms with van der Waals surface area (Å²) in [7, 11) is 1.63. The molecule has 0 aliphatic carbocycles. The van der Waals surface area contributed by atoms with Crippen LogP contribution in [-0.4, -0.2) is 7.11 Å². The third kappa shape index (κ3) is 3.11. The van der Waals surface area contributed by atoms with Crippen LogP contribution in [-0.2, 0) is 0 Å². The Morgan fingerprint density at radius 2 is 1.54 bits per heavy atom. The number of para-hydroxylation sites is 1. The third-order valence-electron chi connectivity index (χ3n) is 4.07. The molecule has 0 saturated heterocycles. The van der Waals surface area contributed by atoms with Gasteiger partial charge in [0.1, 0.15) is 16.2 Å². The second-order valence-electron chi connectivity index (χ2n) is 5.73. The Bertz CT molecular complexity index is 1100. The molecule has 0 unspecified atom stereocenters. The lowest BCUT2D eigenvalue weighted by atomic mass is 10.1. The van der Waals surface area contributed by atoms with Crippen LogP contribution < -0.4 is 10.2 Å². The van der Waals surface area contributed by atoms with Gasteiger partial charge in [-0.25, -0.2) is 0 Å². The maximum atomic E-state index is 13.1. The summed E-state index contributed by atoms with van der Waals surface area (Å²) in [4.78, 5) is 14.7. The fourth-order valence-electron chi connectivity index (χ4n) is 2.76. The van der Waals surface area contributed by atoms with Gasteiger partial charge < -0.3 is 9.15 Å². The van der Waals surface area contributed by atoms with E-state index in [9.17, 15) is 4.79 Å². The number of methoxy groups -OCH3 is 1. The lowest BCUT2D eigenvalue weighted by molar-refractivity contribution is 0.415. The van der Waals surface area contributed by atoms with Crippen LogP contribution in [0.1, 0.15) is 0 Å². The predicted molar refractivity (Wildman–Crippen MR) is 105 cm³/mol. The third-order valence-corrected chi connectivity index (χ3v) is 5.15. The smallest absolute Gasteiger partial charge is 0.207 e. The molecule has 0 amide bonds. The molecule has 4 rings (SSSR count). The van der Waals surface area contributed by atoms with Crippen molar-refractivity contribution in [3.05, 3.63) is 89.1 Å². The molecule has 1 heterocycles. The second kappa shape index (κ2) is 7.10. The average molecular weight is 360 g/mol. The first-order chi connectivity index (χ1) is 12.8. The molecule has 26 heavy (non-hydrogen) atoms. The van der Waals surface area contributed by atoms with Crippen LogP contribution in [0.5, 0.6) is 5.75 Å². The maximum Gasteiger partial charge on any atom is 0.207 e. The van der Waals surface area contributed by atoms with Crippen LogP contribution in [0, 0.1) is 0 Å². The molecular formula is C22H16O3S. The summed E-state index contributed by atoms with van der Waals surface area (Å²) in [6, 6.07) is 24.7. The zero-order valence-electron chi connectivity index (χ0n) is 14.1. The van der Waals surface area contributed by atoms with Crippen LogP contribution in [0.25, 0.3) is 22.3 Å². The number of hydrogen-bond donors (Lipinski definition) is 0. The van der Waals surface area contributed by atoms with Crippen LogP contribution in [0.3, 0.4) is 0 Å². The van der Waals surface area contributed by atoms with Crippen molar-refractivity contribution in [2.75, 3.05) is 7.11 Å². The Kier molecular flexibility index (Phi) is 4.50. The fraction of sp³-hybridized carbons (Fsp3) is 0.0455. The highest BCUT2D eigenvalue weighted by molar-refractivity contribution is 7.99. The largest absolute Gasteiger partial charge is 0.497 e. The molecular weight excluding hydrogens is 344 g/mol. The molecule has 0 atom stereocenters. The summed E-state index contributed by atoms with van der Waals surface area (Å²) < 4.78 is 11.4. The molecule has 1 aromatic heterocycles. The molecule has 4 aromatic rings. The minimum absolute atomic E-state index is 0.0217. The van der Waals surface area contributed by atoms with E-state index < -0.39 is 0 Å². The quantitative estimate of drug-likeness (QED) is 0.473. The van der Waals surface area contributed by atoms with Gasteiger partial charge in [-0.3, -0.25) is 4.79 Å². The highest BCUT2D eigenvalue weighted by atomic mass is 32.2. The zero-order valence-corrected chi connectivity index (χ0v) is 15.0. The lowest BCUT2D eigenvalue weighted by Crippen LogP contribution is -2.06. The summed E-state index contributed by atoms with van der Waals surface area (Å²) in [5, 5.41) is 0.586. The van der Waals surface area contributed by atoms with E-state index in [-0.39, 0.29) is 5.43 Å². The Hall–Kier alpha value is -2.98. The lowest BCUT2D eigenvalue weighted by Gasteiger charge is -2.10. The van der Waals surface area contributed by atoms with Gasteiger partial charge in [0.05, 0.1) is 12.5 Å². The first-order valence-corrected chi connectivity index (χ1v) is 9.01. The number of benzene rings is 3. The van der Waals surface area contributed by atoms with Crippen molar-refractivity contribution in [2.24, 2.45) is 0 Å². The summed E-state index contributed by atoms with van der Waals surface area (Å²) in [5.74, 6) is 1.33. The van der Waals surface area contributed by atoms with E-state index >= 15 is 0 Å². The summed E-state index contributed by atoms with van der Waals surface area (Å²) in [6.45, 7) is 0. The summed E-state index contributed by atoms with van der Waals surface area (Å²) in [5.41, 5.74) is 1.40. The van der Waals surface area contributed by atoms with E-state index in [4.69, 9.17) is 9.15 Å². The average Bonchev–Trinajstić information content (AvgIpc) is 2.71. The fourth-order valence-corrected chi connectivity index (χ4v) is 3.74. The van der Waals surface area contributed by atoms with E-state index in [0.29, 0.717) is 21.6 Å². The molecule has 0 aliphatic heterocycles. The van der Waals surface area contributed by atoms with Gasteiger partial charge in [0.2, 0.25) is 5.43 Å². The molecule has 0 spiro atoms. The van der Waals surface area contributed by atoms with Crippen LogP contribution in [0.15, 0.2) is 97.9 Å². The van der Waals surface area contributed by atoms with Crippen molar-refractivity contribution in [3.8, 4) is 17.1 Å². The predicted octanol–water partition coefficient (Wildman–Crippen LogP) is 5.62. The van der Waals surface area contributed by atoms with Crippen molar-refractivity contribution in [2.45, 2.75) is 9.79 Å². The normalized spacial score (nSPS) is 10.8. The molecule has 0 aliphatic rings. The summed E-state index contributed by atoms with van der Waals surface area (Å²) >= 11 is 1.42. The molecule has 3 nitrogen and oxygen atoms in total. The minimum Gasteiger partial charge on any atom is -0.497 e. The zero-order chi connectivity index (χ0) is 17.9. The van der Waals surface area contributed by atoms with E-state index in [1.807, 2.05) is 72.8 Å². The Morgan fingerprint density at radius 1 is 0.846 bits per heavy atom. The molecule has 0 saturated carbocycles. The van der Waals surface area contributed by atoms with Gasteiger partial charge >= 0.3 is 0 Å². The molecule has 0 N–H and O–H groups in total. The van der Waals surface area contributed by atoms with E-state index in [1.165, 1.54) is 11.8 Å².